The molecule has 0 aliphatic rings. The highest BCUT2D eigenvalue weighted by molar-refractivity contribution is 5.99. The highest BCUT2D eigenvalue weighted by Crippen LogP contribution is 2.27. The van der Waals surface area contributed by atoms with Crippen molar-refractivity contribution in [1.82, 2.24) is 0 Å². The van der Waals surface area contributed by atoms with Crippen molar-refractivity contribution in [3.8, 4) is 0 Å². The van der Waals surface area contributed by atoms with Gasteiger partial charge in [-0.15, -0.1) is 0 Å². The van der Waals surface area contributed by atoms with E-state index >= 15 is 0 Å². The summed E-state index contributed by atoms with van der Waals surface area (Å²) in [6, 6.07) is 4.02. The van der Waals surface area contributed by atoms with E-state index in [1.54, 1.807) is 13.8 Å². The van der Waals surface area contributed by atoms with E-state index < -0.39 is 12.7 Å². The molecule has 0 fully saturated rings. The number of nitrogens with two attached hydrogens (primary N) is 1. The van der Waals surface area contributed by atoms with Crippen molar-refractivity contribution in [2.24, 2.45) is 0 Å². The van der Waals surface area contributed by atoms with Crippen LogP contribution in [0.2, 0.25) is 0 Å². The minimum absolute atomic E-state index is 0.192. The van der Waals surface area contributed by atoms with Crippen molar-refractivity contribution in [2.75, 3.05) is 17.2 Å². The molecule has 0 aromatic heterocycles. The molecule has 3 nitrogen and oxygen atoms in total. The van der Waals surface area contributed by atoms with Crippen LogP contribution in [0.25, 0.3) is 0 Å². The number of nitrogens with zero attached hydrogens (tertiary/aromatic N) is 1. The standard InChI is InChI=1S/C13H17F3N2O/c1-8(2)18(7-13(14,15)16)10-4-5-11(9(3)19)12(17)6-10/h4-6,8H,7,17H2,1-3H3. The highest BCUT2D eigenvalue weighted by atomic mass is 19.4. The molecule has 0 amide bonds. The number of carbonyl (C=O) groups is 1. The number of carbonyl (C=O) groups excluding carboxylic acids is 1. The molecule has 0 atom stereocenters. The summed E-state index contributed by atoms with van der Waals surface area (Å²) in [6.45, 7) is 3.65. The molecule has 0 unspecified atom stereocenters. The number of anilines is 2. The van der Waals surface area contributed by atoms with E-state index in [1.165, 1.54) is 30.0 Å². The van der Waals surface area contributed by atoms with Crippen LogP contribution in [0.4, 0.5) is 24.5 Å². The van der Waals surface area contributed by atoms with E-state index in [2.05, 4.69) is 0 Å². The Kier molecular flexibility index (Phi) is 4.44. The quantitative estimate of drug-likeness (QED) is 0.677. The van der Waals surface area contributed by atoms with Gasteiger partial charge in [0.05, 0.1) is 0 Å². The molecule has 0 bridgehead atoms. The van der Waals surface area contributed by atoms with Gasteiger partial charge in [-0.1, -0.05) is 0 Å². The molecule has 1 rings (SSSR count). The fourth-order valence-electron chi connectivity index (χ4n) is 1.81. The predicted molar refractivity (Wildman–Crippen MR) is 69.4 cm³/mol. The molecule has 19 heavy (non-hydrogen) atoms. The highest BCUT2D eigenvalue weighted by Gasteiger charge is 2.32. The Bertz CT molecular complexity index is 469. The van der Waals surface area contributed by atoms with Gasteiger partial charge < -0.3 is 10.6 Å². The molecule has 0 saturated carbocycles. The Morgan fingerprint density at radius 1 is 1.37 bits per heavy atom. The zero-order valence-corrected chi connectivity index (χ0v) is 11.1. The van der Waals surface area contributed by atoms with E-state index in [1.807, 2.05) is 0 Å². The van der Waals surface area contributed by atoms with Gasteiger partial charge in [-0.2, -0.15) is 13.2 Å². The second-order valence-electron chi connectivity index (χ2n) is 4.66. The van der Waals surface area contributed by atoms with E-state index in [0.717, 1.165) is 0 Å². The number of ketones is 1. The summed E-state index contributed by atoms with van der Waals surface area (Å²) in [4.78, 5) is 12.4. The van der Waals surface area contributed by atoms with Crippen molar-refractivity contribution in [3.05, 3.63) is 23.8 Å². The molecule has 2 N–H and O–H groups in total. The van der Waals surface area contributed by atoms with Gasteiger partial charge in [0, 0.05) is 23.0 Å². The second kappa shape index (κ2) is 5.50. The Hall–Kier alpha value is -1.72. The minimum Gasteiger partial charge on any atom is -0.398 e. The van der Waals surface area contributed by atoms with Gasteiger partial charge >= 0.3 is 6.18 Å². The van der Waals surface area contributed by atoms with Crippen LogP contribution in [-0.4, -0.2) is 24.5 Å². The molecule has 0 radical (unpaired) electrons. The molecule has 0 saturated heterocycles. The lowest BCUT2D eigenvalue weighted by molar-refractivity contribution is -0.120. The van der Waals surface area contributed by atoms with Crippen LogP contribution in [0.1, 0.15) is 31.1 Å². The third kappa shape index (κ3) is 4.15. The Labute approximate surface area is 110 Å². The SMILES string of the molecule is CC(=O)c1ccc(N(CC(F)(F)F)C(C)C)cc1N. The van der Waals surface area contributed by atoms with Gasteiger partial charge in [-0.3, -0.25) is 4.79 Å². The van der Waals surface area contributed by atoms with Crippen LogP contribution in [0.5, 0.6) is 0 Å². The van der Waals surface area contributed by atoms with Crippen LogP contribution >= 0.6 is 0 Å². The Morgan fingerprint density at radius 2 is 1.95 bits per heavy atom. The summed E-state index contributed by atoms with van der Waals surface area (Å²) in [5, 5.41) is 0. The number of nitrogen functional groups attached to an aromatic ring is 1. The van der Waals surface area contributed by atoms with Gasteiger partial charge in [0.2, 0.25) is 0 Å². The first-order valence-corrected chi connectivity index (χ1v) is 5.85. The molecule has 1 aromatic carbocycles. The van der Waals surface area contributed by atoms with Crippen LogP contribution in [0.15, 0.2) is 18.2 Å². The maximum Gasteiger partial charge on any atom is 0.405 e. The van der Waals surface area contributed by atoms with Gasteiger partial charge in [0.1, 0.15) is 6.54 Å². The van der Waals surface area contributed by atoms with E-state index in [9.17, 15) is 18.0 Å². The average molecular weight is 274 g/mol. The maximum atomic E-state index is 12.5. The summed E-state index contributed by atoms with van der Waals surface area (Å²) in [5.41, 5.74) is 6.56. The number of benzene rings is 1. The fraction of sp³-hybridized carbons (Fsp3) is 0.462. The third-order valence-electron chi connectivity index (χ3n) is 2.72. The fourth-order valence-corrected chi connectivity index (χ4v) is 1.81. The average Bonchev–Trinajstić information content (AvgIpc) is 2.23. The maximum absolute atomic E-state index is 12.5. The topological polar surface area (TPSA) is 46.3 Å². The third-order valence-corrected chi connectivity index (χ3v) is 2.72. The van der Waals surface area contributed by atoms with Crippen molar-refractivity contribution >= 4 is 17.2 Å². The van der Waals surface area contributed by atoms with Gasteiger partial charge in [0.15, 0.2) is 5.78 Å². The second-order valence-corrected chi connectivity index (χ2v) is 4.66. The van der Waals surface area contributed by atoms with E-state index in [4.69, 9.17) is 5.73 Å². The van der Waals surface area contributed by atoms with Gasteiger partial charge in [-0.05, 0) is 39.0 Å². The first kappa shape index (κ1) is 15.3. The number of hydrogen-bond donors (Lipinski definition) is 1. The smallest absolute Gasteiger partial charge is 0.398 e. The number of halogens is 3. The molecule has 1 aromatic rings. The summed E-state index contributed by atoms with van der Waals surface area (Å²) >= 11 is 0. The van der Waals surface area contributed by atoms with Crippen molar-refractivity contribution in [2.45, 2.75) is 33.0 Å². The number of hydrogen-bond acceptors (Lipinski definition) is 3. The molecular weight excluding hydrogens is 257 g/mol. The van der Waals surface area contributed by atoms with Crippen LogP contribution in [0, 0.1) is 0 Å². The molecule has 0 heterocycles. The Balaban J connectivity index is 3.11. The number of Topliss-reactive ketones (excluding diaryl/α,β-unsaturated/α-hetero) is 1. The summed E-state index contributed by atoms with van der Waals surface area (Å²) < 4.78 is 37.6. The van der Waals surface area contributed by atoms with Crippen LogP contribution < -0.4 is 10.6 Å². The molecular formula is C13H17F3N2O. The Morgan fingerprint density at radius 3 is 2.32 bits per heavy atom. The van der Waals surface area contributed by atoms with E-state index in [-0.39, 0.29) is 17.5 Å². The first-order chi connectivity index (χ1) is 8.61. The first-order valence-electron chi connectivity index (χ1n) is 5.85. The largest absolute Gasteiger partial charge is 0.405 e. The summed E-state index contributed by atoms with van der Waals surface area (Å²) in [7, 11) is 0. The molecule has 106 valence electrons. The van der Waals surface area contributed by atoms with Crippen molar-refractivity contribution < 1.29 is 18.0 Å². The molecule has 0 aliphatic heterocycles. The van der Waals surface area contributed by atoms with Crippen molar-refractivity contribution in [3.63, 3.8) is 0 Å². The summed E-state index contributed by atoms with van der Waals surface area (Å²) in [6.07, 6.45) is -4.29. The molecule has 0 aliphatic carbocycles. The number of alkyl halides is 3. The van der Waals surface area contributed by atoms with Crippen LogP contribution in [-0.2, 0) is 0 Å². The minimum atomic E-state index is -4.29. The lowest BCUT2D eigenvalue weighted by atomic mass is 10.1. The normalized spacial score (nSPS) is 11.7. The molecule has 6 heteroatoms. The van der Waals surface area contributed by atoms with Crippen LogP contribution in [0.3, 0.4) is 0 Å². The number of rotatable bonds is 4. The zero-order valence-electron chi connectivity index (χ0n) is 11.1. The predicted octanol–water partition coefficient (Wildman–Crippen LogP) is 3.25. The molecule has 0 spiro atoms. The lowest BCUT2D eigenvalue weighted by Gasteiger charge is -2.30. The van der Waals surface area contributed by atoms with Gasteiger partial charge in [-0.25, -0.2) is 0 Å². The van der Waals surface area contributed by atoms with E-state index in [0.29, 0.717) is 11.3 Å². The monoisotopic (exact) mass is 274 g/mol. The van der Waals surface area contributed by atoms with Crippen molar-refractivity contribution in [1.29, 1.82) is 0 Å². The lowest BCUT2D eigenvalue weighted by Crippen LogP contribution is -2.39. The van der Waals surface area contributed by atoms with Gasteiger partial charge in [0.25, 0.3) is 0 Å². The zero-order chi connectivity index (χ0) is 14.8. The summed E-state index contributed by atoms with van der Waals surface area (Å²) in [5.74, 6) is -0.212.